The first kappa shape index (κ1) is 12.2. The summed E-state index contributed by atoms with van der Waals surface area (Å²) < 4.78 is 6.71. The molecular formula is C15H18N2O2. The molecule has 1 saturated carbocycles. The van der Waals surface area contributed by atoms with Crippen molar-refractivity contribution >= 4 is 16.9 Å². The lowest BCUT2D eigenvalue weighted by Crippen LogP contribution is -2.15. The number of esters is 1. The van der Waals surface area contributed by atoms with Crippen molar-refractivity contribution in [2.45, 2.75) is 32.0 Å². The lowest BCUT2D eigenvalue weighted by Gasteiger charge is -2.02. The molecule has 0 unspecified atom stereocenters. The number of ether oxygens (including phenoxy) is 1. The highest BCUT2D eigenvalue weighted by atomic mass is 16.5. The number of hydrogen-bond donors (Lipinski definition) is 1. The Hall–Kier alpha value is -1.81. The average molecular weight is 258 g/mol. The normalized spacial score (nSPS) is 14.8. The van der Waals surface area contributed by atoms with E-state index < -0.39 is 0 Å². The quantitative estimate of drug-likeness (QED) is 0.835. The number of hydrogen-bond acceptors (Lipinski definition) is 3. The monoisotopic (exact) mass is 258 g/mol. The Bertz CT molecular complexity index is 599. The van der Waals surface area contributed by atoms with Crippen LogP contribution in [0.25, 0.3) is 10.9 Å². The first-order valence-corrected chi connectivity index (χ1v) is 6.65. The van der Waals surface area contributed by atoms with Gasteiger partial charge in [-0.3, -0.25) is 4.79 Å². The highest BCUT2D eigenvalue weighted by Gasteiger charge is 2.21. The molecule has 1 fully saturated rings. The first-order valence-electron chi connectivity index (χ1n) is 6.65. The van der Waals surface area contributed by atoms with Crippen molar-refractivity contribution < 1.29 is 9.53 Å². The third kappa shape index (κ3) is 2.63. The van der Waals surface area contributed by atoms with Crippen LogP contribution in [0.5, 0.6) is 0 Å². The molecule has 0 aliphatic heterocycles. The predicted octanol–water partition coefficient (Wildman–Crippen LogP) is 2.07. The molecule has 100 valence electrons. The van der Waals surface area contributed by atoms with Crippen LogP contribution >= 0.6 is 0 Å². The number of fused-ring (bicyclic) bond motifs is 1. The minimum Gasteiger partial charge on any atom is -0.468 e. The lowest BCUT2D eigenvalue weighted by molar-refractivity contribution is -0.141. The number of carbonyl (C=O) groups excluding carboxylic acids is 1. The number of methoxy groups -OCH3 is 1. The fraction of sp³-hybridized carbons (Fsp3) is 0.400. The average Bonchev–Trinajstić information content (AvgIpc) is 3.20. The standard InChI is InChI=1S/C15H18N2O2/c1-19-15(18)10-17-9-11(8-16-12-6-7-12)13-4-2-3-5-14(13)17/h2-5,9,12,16H,6-8,10H2,1H3. The molecule has 19 heavy (non-hydrogen) atoms. The summed E-state index contributed by atoms with van der Waals surface area (Å²) in [6, 6.07) is 8.86. The molecular weight excluding hydrogens is 240 g/mol. The fourth-order valence-corrected chi connectivity index (χ4v) is 2.34. The van der Waals surface area contributed by atoms with Crippen molar-refractivity contribution in [2.75, 3.05) is 7.11 Å². The van der Waals surface area contributed by atoms with Gasteiger partial charge in [0, 0.05) is 29.7 Å². The Balaban J connectivity index is 1.90. The Morgan fingerprint density at radius 3 is 2.95 bits per heavy atom. The second-order valence-corrected chi connectivity index (χ2v) is 5.03. The predicted molar refractivity (Wildman–Crippen MR) is 73.8 cm³/mol. The molecule has 0 spiro atoms. The van der Waals surface area contributed by atoms with Crippen LogP contribution < -0.4 is 5.32 Å². The van der Waals surface area contributed by atoms with Gasteiger partial charge in [-0.1, -0.05) is 18.2 Å². The zero-order valence-electron chi connectivity index (χ0n) is 11.1. The van der Waals surface area contributed by atoms with Gasteiger partial charge in [0.2, 0.25) is 0 Å². The Morgan fingerprint density at radius 2 is 2.21 bits per heavy atom. The summed E-state index contributed by atoms with van der Waals surface area (Å²) in [6.45, 7) is 1.12. The van der Waals surface area contributed by atoms with E-state index in [1.165, 1.54) is 30.9 Å². The Kier molecular flexibility index (Phi) is 3.25. The molecule has 1 aliphatic carbocycles. The van der Waals surface area contributed by atoms with E-state index in [4.69, 9.17) is 4.74 Å². The van der Waals surface area contributed by atoms with E-state index in [-0.39, 0.29) is 12.5 Å². The maximum Gasteiger partial charge on any atom is 0.325 e. The number of nitrogens with zero attached hydrogens (tertiary/aromatic N) is 1. The third-order valence-electron chi connectivity index (χ3n) is 3.56. The van der Waals surface area contributed by atoms with E-state index in [1.54, 1.807) is 0 Å². The maximum absolute atomic E-state index is 11.5. The molecule has 1 N–H and O–H groups in total. The summed E-state index contributed by atoms with van der Waals surface area (Å²) in [5, 5.41) is 4.72. The summed E-state index contributed by atoms with van der Waals surface area (Å²) in [4.78, 5) is 11.5. The minimum atomic E-state index is -0.220. The lowest BCUT2D eigenvalue weighted by atomic mass is 10.2. The van der Waals surface area contributed by atoms with Gasteiger partial charge in [-0.2, -0.15) is 0 Å². The highest BCUT2D eigenvalue weighted by molar-refractivity contribution is 5.85. The van der Waals surface area contributed by atoms with Crippen LogP contribution in [-0.2, 0) is 22.6 Å². The fourth-order valence-electron chi connectivity index (χ4n) is 2.34. The molecule has 1 heterocycles. The van der Waals surface area contributed by atoms with E-state index in [9.17, 15) is 4.79 Å². The van der Waals surface area contributed by atoms with Gasteiger partial charge in [-0.05, 0) is 24.5 Å². The smallest absolute Gasteiger partial charge is 0.325 e. The summed E-state index contributed by atoms with van der Waals surface area (Å²) in [5.41, 5.74) is 2.33. The Morgan fingerprint density at radius 1 is 1.42 bits per heavy atom. The number of para-hydroxylation sites is 1. The largest absolute Gasteiger partial charge is 0.468 e. The zero-order valence-corrected chi connectivity index (χ0v) is 11.1. The van der Waals surface area contributed by atoms with Crippen LogP contribution in [0.1, 0.15) is 18.4 Å². The number of benzene rings is 1. The molecule has 0 radical (unpaired) electrons. The van der Waals surface area contributed by atoms with Crippen molar-refractivity contribution in [3.05, 3.63) is 36.0 Å². The van der Waals surface area contributed by atoms with Crippen LogP contribution in [0, 0.1) is 0 Å². The summed E-state index contributed by atoms with van der Waals surface area (Å²) >= 11 is 0. The van der Waals surface area contributed by atoms with Gasteiger partial charge in [-0.15, -0.1) is 0 Å². The third-order valence-corrected chi connectivity index (χ3v) is 3.56. The van der Waals surface area contributed by atoms with Gasteiger partial charge in [0.25, 0.3) is 0 Å². The summed E-state index contributed by atoms with van der Waals surface area (Å²) in [7, 11) is 1.42. The van der Waals surface area contributed by atoms with E-state index in [1.807, 2.05) is 22.8 Å². The molecule has 4 heteroatoms. The molecule has 4 nitrogen and oxygen atoms in total. The molecule has 0 atom stereocenters. The van der Waals surface area contributed by atoms with Crippen LogP contribution in [0.3, 0.4) is 0 Å². The van der Waals surface area contributed by atoms with Crippen LogP contribution in [0.15, 0.2) is 30.5 Å². The molecule has 0 saturated heterocycles. The Labute approximate surface area is 112 Å². The number of aromatic nitrogens is 1. The number of nitrogens with one attached hydrogen (secondary N) is 1. The molecule has 1 aromatic heterocycles. The van der Waals surface area contributed by atoms with E-state index >= 15 is 0 Å². The second-order valence-electron chi connectivity index (χ2n) is 5.03. The number of rotatable bonds is 5. The van der Waals surface area contributed by atoms with Crippen molar-refractivity contribution in [1.29, 1.82) is 0 Å². The molecule has 0 amide bonds. The topological polar surface area (TPSA) is 43.3 Å². The van der Waals surface area contributed by atoms with Crippen molar-refractivity contribution in [1.82, 2.24) is 9.88 Å². The van der Waals surface area contributed by atoms with E-state index in [0.717, 1.165) is 12.1 Å². The van der Waals surface area contributed by atoms with Gasteiger partial charge in [0.15, 0.2) is 0 Å². The van der Waals surface area contributed by atoms with Crippen LogP contribution in [0.4, 0.5) is 0 Å². The SMILES string of the molecule is COC(=O)Cn1cc(CNC2CC2)c2ccccc21. The first-order chi connectivity index (χ1) is 9.28. The van der Waals surface area contributed by atoms with Gasteiger partial charge < -0.3 is 14.6 Å². The summed E-state index contributed by atoms with van der Waals surface area (Å²) in [6.07, 6.45) is 4.61. The maximum atomic E-state index is 11.5. The highest BCUT2D eigenvalue weighted by Crippen LogP contribution is 2.24. The summed E-state index contributed by atoms with van der Waals surface area (Å²) in [5.74, 6) is -0.220. The van der Waals surface area contributed by atoms with Crippen LogP contribution in [0.2, 0.25) is 0 Å². The van der Waals surface area contributed by atoms with E-state index in [2.05, 4.69) is 17.6 Å². The van der Waals surface area contributed by atoms with Gasteiger partial charge in [0.05, 0.1) is 7.11 Å². The zero-order chi connectivity index (χ0) is 13.2. The molecule has 3 rings (SSSR count). The van der Waals surface area contributed by atoms with Gasteiger partial charge in [0.1, 0.15) is 6.54 Å². The number of carbonyl (C=O) groups is 1. The minimum absolute atomic E-state index is 0.220. The molecule has 0 bridgehead atoms. The van der Waals surface area contributed by atoms with E-state index in [0.29, 0.717) is 6.04 Å². The van der Waals surface area contributed by atoms with Gasteiger partial charge in [-0.25, -0.2) is 0 Å². The van der Waals surface area contributed by atoms with Crippen molar-refractivity contribution in [2.24, 2.45) is 0 Å². The second kappa shape index (κ2) is 5.05. The van der Waals surface area contributed by atoms with Crippen molar-refractivity contribution in [3.63, 3.8) is 0 Å². The van der Waals surface area contributed by atoms with Gasteiger partial charge >= 0.3 is 5.97 Å². The molecule has 1 aromatic carbocycles. The van der Waals surface area contributed by atoms with Crippen molar-refractivity contribution in [3.8, 4) is 0 Å². The molecule has 1 aliphatic rings. The molecule has 2 aromatic rings. The van der Waals surface area contributed by atoms with Crippen LogP contribution in [-0.4, -0.2) is 23.7 Å².